The van der Waals surface area contributed by atoms with Crippen LogP contribution in [-0.2, 0) is 7.05 Å². The van der Waals surface area contributed by atoms with Crippen LogP contribution in [0.1, 0.15) is 16.1 Å². The molecule has 0 radical (unpaired) electrons. The van der Waals surface area contributed by atoms with Gasteiger partial charge >= 0.3 is 0 Å². The first-order chi connectivity index (χ1) is 7.19. The van der Waals surface area contributed by atoms with E-state index in [0.717, 1.165) is 34.2 Å². The SMILES string of the molecule is COc1ccc2c(C=O)c(C)n(C)c2c1. The topological polar surface area (TPSA) is 31.2 Å². The van der Waals surface area contributed by atoms with Crippen molar-refractivity contribution in [3.63, 3.8) is 0 Å². The molecule has 1 heterocycles. The second-order valence-electron chi connectivity index (χ2n) is 3.56. The van der Waals surface area contributed by atoms with Crippen molar-refractivity contribution in [1.82, 2.24) is 4.57 Å². The molecule has 3 nitrogen and oxygen atoms in total. The summed E-state index contributed by atoms with van der Waals surface area (Å²) >= 11 is 0. The van der Waals surface area contributed by atoms with Gasteiger partial charge in [-0.1, -0.05) is 0 Å². The molecule has 0 spiro atoms. The van der Waals surface area contributed by atoms with Crippen LogP contribution in [0, 0.1) is 6.92 Å². The molecule has 0 fully saturated rings. The lowest BCUT2D eigenvalue weighted by Crippen LogP contribution is -1.91. The third-order valence-electron chi connectivity index (χ3n) is 2.87. The van der Waals surface area contributed by atoms with Crippen LogP contribution in [0.2, 0.25) is 0 Å². The van der Waals surface area contributed by atoms with Gasteiger partial charge in [-0.05, 0) is 19.1 Å². The number of hydrogen-bond donors (Lipinski definition) is 0. The van der Waals surface area contributed by atoms with E-state index in [4.69, 9.17) is 4.74 Å². The molecule has 78 valence electrons. The lowest BCUT2D eigenvalue weighted by molar-refractivity contribution is 0.112. The van der Waals surface area contributed by atoms with Gasteiger partial charge in [0.25, 0.3) is 0 Å². The van der Waals surface area contributed by atoms with Crippen molar-refractivity contribution in [2.24, 2.45) is 7.05 Å². The number of nitrogens with zero attached hydrogens (tertiary/aromatic N) is 1. The minimum absolute atomic E-state index is 0.759. The summed E-state index contributed by atoms with van der Waals surface area (Å²) < 4.78 is 7.16. The van der Waals surface area contributed by atoms with Gasteiger partial charge in [-0.25, -0.2) is 0 Å². The molecule has 1 aromatic heterocycles. The van der Waals surface area contributed by atoms with E-state index < -0.39 is 0 Å². The third-order valence-corrected chi connectivity index (χ3v) is 2.87. The highest BCUT2D eigenvalue weighted by Crippen LogP contribution is 2.26. The monoisotopic (exact) mass is 203 g/mol. The summed E-state index contributed by atoms with van der Waals surface area (Å²) in [4.78, 5) is 11.0. The standard InChI is InChI=1S/C12H13NO2/c1-8-11(7-14)10-5-4-9(15-3)6-12(10)13(8)2/h4-7H,1-3H3. The van der Waals surface area contributed by atoms with Crippen molar-refractivity contribution in [3.05, 3.63) is 29.5 Å². The van der Waals surface area contributed by atoms with Gasteiger partial charge in [-0.3, -0.25) is 4.79 Å². The van der Waals surface area contributed by atoms with Crippen LogP contribution < -0.4 is 4.74 Å². The Bertz CT molecular complexity index is 526. The normalized spacial score (nSPS) is 10.6. The Labute approximate surface area is 88.3 Å². The average molecular weight is 203 g/mol. The highest BCUT2D eigenvalue weighted by molar-refractivity contribution is 5.99. The summed E-state index contributed by atoms with van der Waals surface area (Å²) in [6, 6.07) is 5.73. The van der Waals surface area contributed by atoms with E-state index in [0.29, 0.717) is 0 Å². The van der Waals surface area contributed by atoms with Crippen LogP contribution in [0.15, 0.2) is 18.2 Å². The highest BCUT2D eigenvalue weighted by atomic mass is 16.5. The minimum atomic E-state index is 0.759. The quantitative estimate of drug-likeness (QED) is 0.701. The number of carbonyl (C=O) groups is 1. The Morgan fingerprint density at radius 2 is 2.13 bits per heavy atom. The molecule has 0 atom stereocenters. The fourth-order valence-electron chi connectivity index (χ4n) is 1.85. The van der Waals surface area contributed by atoms with Gasteiger partial charge in [0, 0.05) is 29.8 Å². The number of methoxy groups -OCH3 is 1. The van der Waals surface area contributed by atoms with Crippen molar-refractivity contribution in [2.45, 2.75) is 6.92 Å². The van der Waals surface area contributed by atoms with Crippen LogP contribution >= 0.6 is 0 Å². The summed E-state index contributed by atoms with van der Waals surface area (Å²) in [7, 11) is 3.59. The molecular formula is C12H13NO2. The molecular weight excluding hydrogens is 190 g/mol. The van der Waals surface area contributed by atoms with Crippen molar-refractivity contribution in [3.8, 4) is 5.75 Å². The molecule has 1 aromatic carbocycles. The number of benzene rings is 1. The Morgan fingerprint density at radius 3 is 2.73 bits per heavy atom. The molecule has 0 aliphatic heterocycles. The first kappa shape index (κ1) is 9.77. The predicted octanol–water partition coefficient (Wildman–Crippen LogP) is 2.31. The summed E-state index contributed by atoms with van der Waals surface area (Å²) in [5.74, 6) is 0.806. The van der Waals surface area contributed by atoms with E-state index in [1.54, 1.807) is 7.11 Å². The van der Waals surface area contributed by atoms with Gasteiger partial charge in [0.15, 0.2) is 6.29 Å². The van der Waals surface area contributed by atoms with Gasteiger partial charge in [0.2, 0.25) is 0 Å². The Balaban J connectivity index is 2.84. The molecule has 0 saturated carbocycles. The molecule has 0 saturated heterocycles. The number of aldehydes is 1. The highest BCUT2D eigenvalue weighted by Gasteiger charge is 2.11. The fourth-order valence-corrected chi connectivity index (χ4v) is 1.85. The maximum atomic E-state index is 11.0. The number of carbonyl (C=O) groups excluding carboxylic acids is 1. The van der Waals surface area contributed by atoms with Crippen LogP contribution in [-0.4, -0.2) is 18.0 Å². The summed E-state index contributed by atoms with van der Waals surface area (Å²) in [5, 5.41) is 0.978. The second-order valence-corrected chi connectivity index (χ2v) is 3.56. The number of fused-ring (bicyclic) bond motifs is 1. The Hall–Kier alpha value is -1.77. The molecule has 0 aliphatic carbocycles. The van der Waals surface area contributed by atoms with Crippen LogP contribution in [0.4, 0.5) is 0 Å². The molecule has 0 unspecified atom stereocenters. The lowest BCUT2D eigenvalue weighted by Gasteiger charge is -2.01. The van der Waals surface area contributed by atoms with E-state index in [1.165, 1.54) is 0 Å². The van der Waals surface area contributed by atoms with E-state index in [2.05, 4.69) is 0 Å². The second kappa shape index (κ2) is 3.42. The van der Waals surface area contributed by atoms with Crippen LogP contribution in [0.25, 0.3) is 10.9 Å². The molecule has 0 aliphatic rings. The summed E-state index contributed by atoms with van der Waals surface area (Å²) in [6.07, 6.45) is 0.907. The van der Waals surface area contributed by atoms with E-state index in [-0.39, 0.29) is 0 Å². The molecule has 3 heteroatoms. The van der Waals surface area contributed by atoms with E-state index in [1.807, 2.05) is 36.7 Å². The number of aromatic nitrogens is 1. The molecule has 0 amide bonds. The summed E-state index contributed by atoms with van der Waals surface area (Å²) in [6.45, 7) is 1.94. The van der Waals surface area contributed by atoms with Crippen molar-refractivity contribution in [1.29, 1.82) is 0 Å². The number of rotatable bonds is 2. The average Bonchev–Trinajstić information content (AvgIpc) is 2.51. The molecule has 0 N–H and O–H groups in total. The van der Waals surface area contributed by atoms with Gasteiger partial charge in [0.05, 0.1) is 12.6 Å². The number of hydrogen-bond acceptors (Lipinski definition) is 2. The molecule has 2 aromatic rings. The zero-order valence-electron chi connectivity index (χ0n) is 9.07. The van der Waals surface area contributed by atoms with E-state index >= 15 is 0 Å². The Morgan fingerprint density at radius 1 is 1.40 bits per heavy atom. The zero-order chi connectivity index (χ0) is 11.0. The number of aryl methyl sites for hydroxylation is 1. The predicted molar refractivity (Wildman–Crippen MR) is 59.6 cm³/mol. The first-order valence-electron chi connectivity index (χ1n) is 4.77. The van der Waals surface area contributed by atoms with Crippen molar-refractivity contribution in [2.75, 3.05) is 7.11 Å². The summed E-state index contributed by atoms with van der Waals surface area (Å²) in [5.41, 5.74) is 2.76. The third kappa shape index (κ3) is 1.31. The smallest absolute Gasteiger partial charge is 0.152 e. The zero-order valence-corrected chi connectivity index (χ0v) is 9.07. The fraction of sp³-hybridized carbons (Fsp3) is 0.250. The van der Waals surface area contributed by atoms with Crippen LogP contribution in [0.3, 0.4) is 0 Å². The Kier molecular flexibility index (Phi) is 2.23. The van der Waals surface area contributed by atoms with Crippen molar-refractivity contribution < 1.29 is 9.53 Å². The molecule has 0 bridgehead atoms. The van der Waals surface area contributed by atoms with Gasteiger partial charge in [0.1, 0.15) is 5.75 Å². The first-order valence-corrected chi connectivity index (χ1v) is 4.77. The largest absolute Gasteiger partial charge is 0.497 e. The molecule has 15 heavy (non-hydrogen) atoms. The maximum absolute atomic E-state index is 11.0. The number of ether oxygens (including phenoxy) is 1. The van der Waals surface area contributed by atoms with Crippen LogP contribution in [0.5, 0.6) is 5.75 Å². The van der Waals surface area contributed by atoms with E-state index in [9.17, 15) is 4.79 Å². The van der Waals surface area contributed by atoms with Crippen molar-refractivity contribution >= 4 is 17.2 Å². The van der Waals surface area contributed by atoms with Gasteiger partial charge in [-0.2, -0.15) is 0 Å². The minimum Gasteiger partial charge on any atom is -0.497 e. The van der Waals surface area contributed by atoms with Gasteiger partial charge < -0.3 is 9.30 Å². The van der Waals surface area contributed by atoms with Gasteiger partial charge in [-0.15, -0.1) is 0 Å². The maximum Gasteiger partial charge on any atom is 0.152 e. The lowest BCUT2D eigenvalue weighted by atomic mass is 10.1. The molecule has 2 rings (SSSR count).